The molecule has 1 heterocycles. The number of nitro benzene ring substituents is 1. The van der Waals surface area contributed by atoms with Crippen LogP contribution in [0, 0.1) is 30.9 Å². The van der Waals surface area contributed by atoms with E-state index in [0.29, 0.717) is 27.5 Å². The van der Waals surface area contributed by atoms with Crippen LogP contribution < -0.4 is 5.56 Å². The highest BCUT2D eigenvalue weighted by atomic mass is 35.5. The first-order valence-corrected chi connectivity index (χ1v) is 8.53. The van der Waals surface area contributed by atoms with Gasteiger partial charge in [0.1, 0.15) is 5.69 Å². The largest absolute Gasteiger partial charge is 0.295 e. The quantitative estimate of drug-likeness (QED) is 0.410. The molecule has 3 rings (SSSR count). The van der Waals surface area contributed by atoms with Crippen LogP contribution in [0.5, 0.6) is 0 Å². The Bertz CT molecular complexity index is 1130. The van der Waals surface area contributed by atoms with Crippen molar-refractivity contribution in [2.45, 2.75) is 20.8 Å². The lowest BCUT2D eigenvalue weighted by Crippen LogP contribution is -2.17. The summed E-state index contributed by atoms with van der Waals surface area (Å²) in [6.07, 6.45) is 1.36. The molecule has 0 amide bonds. The Morgan fingerprint density at radius 2 is 1.96 bits per heavy atom. The van der Waals surface area contributed by atoms with Crippen molar-refractivity contribution in [1.29, 1.82) is 0 Å². The lowest BCUT2D eigenvalue weighted by atomic mass is 10.1. The van der Waals surface area contributed by atoms with Crippen molar-refractivity contribution in [2.24, 2.45) is 4.99 Å². The molecule has 0 fully saturated rings. The van der Waals surface area contributed by atoms with Gasteiger partial charge in [-0.1, -0.05) is 23.7 Å². The van der Waals surface area contributed by atoms with Crippen LogP contribution in [0.3, 0.4) is 0 Å². The highest BCUT2D eigenvalue weighted by Gasteiger charge is 2.17. The zero-order chi connectivity index (χ0) is 19.7. The van der Waals surface area contributed by atoms with Crippen LogP contribution in [0.4, 0.5) is 11.4 Å². The Hall–Kier alpha value is -3.19. The molecule has 0 aliphatic carbocycles. The molecular formula is C19H17ClN4O3. The lowest BCUT2D eigenvalue weighted by Gasteiger charge is -2.03. The molecule has 2 aromatic carbocycles. The van der Waals surface area contributed by atoms with E-state index >= 15 is 0 Å². The zero-order valence-electron chi connectivity index (χ0n) is 15.0. The van der Waals surface area contributed by atoms with Gasteiger partial charge in [0.2, 0.25) is 0 Å². The molecule has 0 unspecified atom stereocenters. The average Bonchev–Trinajstić information content (AvgIpc) is 2.88. The second kappa shape index (κ2) is 7.20. The molecule has 0 saturated carbocycles. The van der Waals surface area contributed by atoms with Gasteiger partial charge in [0.05, 0.1) is 16.2 Å². The standard InChI is InChI=1S/C19H17ClN4O3/c1-11-7-12(2)18(17(8-11)24(26)27)21-10-16-13(3)22-23(19(16)25)15-6-4-5-14(20)9-15/h4-10,22H,1-3H3. The van der Waals surface area contributed by atoms with Gasteiger partial charge in [-0.25, -0.2) is 9.67 Å². The van der Waals surface area contributed by atoms with E-state index in [2.05, 4.69) is 10.1 Å². The molecule has 0 aliphatic rings. The number of aromatic nitrogens is 2. The summed E-state index contributed by atoms with van der Waals surface area (Å²) in [6.45, 7) is 5.27. The van der Waals surface area contributed by atoms with E-state index in [-0.39, 0.29) is 16.9 Å². The van der Waals surface area contributed by atoms with Gasteiger partial charge in [-0.15, -0.1) is 0 Å². The number of H-pyrrole nitrogens is 1. The molecular weight excluding hydrogens is 368 g/mol. The molecule has 0 atom stereocenters. The van der Waals surface area contributed by atoms with Gasteiger partial charge in [-0.2, -0.15) is 0 Å². The minimum atomic E-state index is -0.471. The molecule has 3 aromatic rings. The maximum Gasteiger partial charge on any atom is 0.295 e. The number of rotatable bonds is 4. The smallest absolute Gasteiger partial charge is 0.295 e. The summed E-state index contributed by atoms with van der Waals surface area (Å²) in [5.74, 6) is 0. The van der Waals surface area contributed by atoms with Crippen LogP contribution in [0.15, 0.2) is 46.2 Å². The maximum absolute atomic E-state index is 12.7. The third-order valence-corrected chi connectivity index (χ3v) is 4.36. The number of nitro groups is 1. The van der Waals surface area contributed by atoms with Crippen molar-refractivity contribution in [3.05, 3.63) is 84.3 Å². The van der Waals surface area contributed by atoms with Gasteiger partial charge in [0.25, 0.3) is 11.2 Å². The van der Waals surface area contributed by atoms with Crippen LogP contribution in [0.1, 0.15) is 22.4 Å². The summed E-state index contributed by atoms with van der Waals surface area (Å²) in [7, 11) is 0. The van der Waals surface area contributed by atoms with Gasteiger partial charge < -0.3 is 0 Å². The van der Waals surface area contributed by atoms with Gasteiger partial charge in [0, 0.05) is 23.0 Å². The van der Waals surface area contributed by atoms with E-state index in [4.69, 9.17) is 11.6 Å². The van der Waals surface area contributed by atoms with Crippen molar-refractivity contribution in [1.82, 2.24) is 9.78 Å². The van der Waals surface area contributed by atoms with Crippen molar-refractivity contribution in [2.75, 3.05) is 0 Å². The molecule has 0 saturated heterocycles. The number of benzene rings is 2. The van der Waals surface area contributed by atoms with Gasteiger partial charge in [-0.05, 0) is 50.1 Å². The van der Waals surface area contributed by atoms with Crippen molar-refractivity contribution in [3.63, 3.8) is 0 Å². The Balaban J connectivity index is 2.08. The summed E-state index contributed by atoms with van der Waals surface area (Å²) >= 11 is 5.99. The van der Waals surface area contributed by atoms with E-state index in [0.717, 1.165) is 5.56 Å². The molecule has 1 N–H and O–H groups in total. The number of aliphatic imine (C=N–C) groups is 1. The molecule has 0 aliphatic heterocycles. The SMILES string of the molecule is Cc1cc(C)c(N=Cc2c(C)[nH]n(-c3cccc(Cl)c3)c2=O)c([N+](=O)[O-])c1. The fraction of sp³-hybridized carbons (Fsp3) is 0.158. The topological polar surface area (TPSA) is 93.3 Å². The van der Waals surface area contributed by atoms with Gasteiger partial charge >= 0.3 is 0 Å². The first-order chi connectivity index (χ1) is 12.8. The van der Waals surface area contributed by atoms with Crippen molar-refractivity contribution < 1.29 is 4.92 Å². The van der Waals surface area contributed by atoms with E-state index in [1.807, 2.05) is 6.07 Å². The monoisotopic (exact) mass is 384 g/mol. The molecule has 138 valence electrons. The number of hydrogen-bond donors (Lipinski definition) is 1. The first-order valence-electron chi connectivity index (χ1n) is 8.15. The molecule has 0 bridgehead atoms. The summed E-state index contributed by atoms with van der Waals surface area (Å²) in [5, 5.41) is 14.8. The summed E-state index contributed by atoms with van der Waals surface area (Å²) in [6, 6.07) is 10.1. The fourth-order valence-corrected chi connectivity index (χ4v) is 3.07. The van der Waals surface area contributed by atoms with E-state index in [1.54, 1.807) is 45.0 Å². The number of nitrogens with zero attached hydrogens (tertiary/aromatic N) is 3. The number of aryl methyl sites for hydroxylation is 3. The first kappa shape index (κ1) is 18.6. The summed E-state index contributed by atoms with van der Waals surface area (Å²) in [5.41, 5.74) is 2.78. The minimum Gasteiger partial charge on any atom is -0.295 e. The van der Waals surface area contributed by atoms with Crippen LogP contribution in [-0.4, -0.2) is 20.9 Å². The number of hydrogen-bond acceptors (Lipinski definition) is 4. The maximum atomic E-state index is 12.7. The zero-order valence-corrected chi connectivity index (χ0v) is 15.7. The highest BCUT2D eigenvalue weighted by molar-refractivity contribution is 6.30. The Kier molecular flexibility index (Phi) is 4.96. The van der Waals surface area contributed by atoms with E-state index in [9.17, 15) is 14.9 Å². The number of halogens is 1. The second-order valence-corrected chi connectivity index (χ2v) is 6.67. The van der Waals surface area contributed by atoms with Crippen LogP contribution in [-0.2, 0) is 0 Å². The van der Waals surface area contributed by atoms with Crippen LogP contribution >= 0.6 is 11.6 Å². The fourth-order valence-electron chi connectivity index (χ4n) is 2.88. The minimum absolute atomic E-state index is 0.0906. The Morgan fingerprint density at radius 1 is 1.22 bits per heavy atom. The predicted octanol–water partition coefficient (Wildman–Crippen LogP) is 4.40. The van der Waals surface area contributed by atoms with Gasteiger partial charge in [0.15, 0.2) is 0 Å². The Morgan fingerprint density at radius 3 is 2.63 bits per heavy atom. The van der Waals surface area contributed by atoms with E-state index in [1.165, 1.54) is 17.0 Å². The molecule has 8 heteroatoms. The third kappa shape index (κ3) is 3.68. The Labute approximate surface area is 160 Å². The molecule has 7 nitrogen and oxygen atoms in total. The number of nitrogens with one attached hydrogen (secondary N) is 1. The third-order valence-electron chi connectivity index (χ3n) is 4.13. The highest BCUT2D eigenvalue weighted by Crippen LogP contribution is 2.32. The molecule has 0 spiro atoms. The van der Waals surface area contributed by atoms with Crippen molar-refractivity contribution in [3.8, 4) is 5.69 Å². The summed E-state index contributed by atoms with van der Waals surface area (Å²) < 4.78 is 1.36. The average molecular weight is 385 g/mol. The van der Waals surface area contributed by atoms with Crippen LogP contribution in [0.2, 0.25) is 5.02 Å². The number of aromatic amines is 1. The second-order valence-electron chi connectivity index (χ2n) is 6.24. The van der Waals surface area contributed by atoms with Gasteiger partial charge in [-0.3, -0.25) is 20.0 Å². The van der Waals surface area contributed by atoms with Crippen molar-refractivity contribution >= 4 is 29.2 Å². The van der Waals surface area contributed by atoms with E-state index < -0.39 is 4.92 Å². The molecule has 0 radical (unpaired) electrons. The summed E-state index contributed by atoms with van der Waals surface area (Å²) in [4.78, 5) is 27.9. The molecule has 1 aromatic heterocycles. The normalized spacial score (nSPS) is 11.3. The lowest BCUT2D eigenvalue weighted by molar-refractivity contribution is -0.384. The van der Waals surface area contributed by atoms with Crippen LogP contribution in [0.25, 0.3) is 5.69 Å². The molecule has 27 heavy (non-hydrogen) atoms. The predicted molar refractivity (Wildman–Crippen MR) is 106 cm³/mol.